The van der Waals surface area contributed by atoms with Crippen molar-refractivity contribution >= 4 is 15.9 Å². The quantitative estimate of drug-likeness (QED) is 0.849. The Morgan fingerprint density at radius 1 is 1.24 bits per heavy atom. The van der Waals surface area contributed by atoms with Crippen LogP contribution in [0.15, 0.2) is 40.9 Å². The summed E-state index contributed by atoms with van der Waals surface area (Å²) in [6, 6.07) is 11.2. The molecule has 0 aliphatic carbocycles. The molecule has 1 N–H and O–H groups in total. The van der Waals surface area contributed by atoms with Gasteiger partial charge in [-0.1, -0.05) is 19.1 Å². The number of aryl methyl sites for hydroxylation is 1. The summed E-state index contributed by atoms with van der Waals surface area (Å²) in [5, 5.41) is 3.42. The smallest absolute Gasteiger partial charge is 0.137 e. The van der Waals surface area contributed by atoms with Gasteiger partial charge in [-0.15, -0.1) is 0 Å². The molecule has 0 spiro atoms. The van der Waals surface area contributed by atoms with E-state index in [0.29, 0.717) is 4.47 Å². The summed E-state index contributed by atoms with van der Waals surface area (Å²) >= 11 is 3.20. The number of methoxy groups -OCH3 is 1. The molecule has 0 amide bonds. The lowest BCUT2D eigenvalue weighted by atomic mass is 9.94. The van der Waals surface area contributed by atoms with E-state index in [1.807, 2.05) is 38.1 Å². The molecule has 0 saturated carbocycles. The van der Waals surface area contributed by atoms with Crippen molar-refractivity contribution in [1.29, 1.82) is 0 Å². The molecule has 0 heterocycles. The van der Waals surface area contributed by atoms with Crippen molar-refractivity contribution in [2.45, 2.75) is 19.9 Å². The topological polar surface area (TPSA) is 21.3 Å². The van der Waals surface area contributed by atoms with Gasteiger partial charge in [-0.25, -0.2) is 4.39 Å². The maximum atomic E-state index is 13.8. The van der Waals surface area contributed by atoms with Crippen LogP contribution < -0.4 is 10.1 Å². The Kier molecular flexibility index (Phi) is 5.37. The first-order chi connectivity index (χ1) is 10.1. The summed E-state index contributed by atoms with van der Waals surface area (Å²) in [7, 11) is 1.65. The standard InChI is InChI=1S/C17H19BrFNO/c1-4-20-17(12-5-8-15(18)16(19)10-12)14-7-6-13(21-3)9-11(14)2/h5-10,17,20H,4H2,1-3H3. The highest BCUT2D eigenvalue weighted by atomic mass is 79.9. The highest BCUT2D eigenvalue weighted by Crippen LogP contribution is 2.29. The number of ether oxygens (including phenoxy) is 1. The highest BCUT2D eigenvalue weighted by molar-refractivity contribution is 9.10. The zero-order valence-corrected chi connectivity index (χ0v) is 14.0. The molecule has 2 aromatic carbocycles. The van der Waals surface area contributed by atoms with Gasteiger partial charge in [-0.3, -0.25) is 0 Å². The molecule has 0 aliphatic heterocycles. The summed E-state index contributed by atoms with van der Waals surface area (Å²) < 4.78 is 19.5. The van der Waals surface area contributed by atoms with Gasteiger partial charge in [0.1, 0.15) is 11.6 Å². The molecule has 21 heavy (non-hydrogen) atoms. The monoisotopic (exact) mass is 351 g/mol. The Balaban J connectivity index is 2.45. The van der Waals surface area contributed by atoms with E-state index in [4.69, 9.17) is 4.74 Å². The second-order valence-electron chi connectivity index (χ2n) is 4.89. The molecule has 1 atom stereocenters. The van der Waals surface area contributed by atoms with Crippen molar-refractivity contribution in [3.8, 4) is 5.75 Å². The molecule has 4 heteroatoms. The summed E-state index contributed by atoms with van der Waals surface area (Å²) in [6.07, 6.45) is 0. The molecule has 0 radical (unpaired) electrons. The number of halogens is 2. The van der Waals surface area contributed by atoms with Gasteiger partial charge in [-0.2, -0.15) is 0 Å². The summed E-state index contributed by atoms with van der Waals surface area (Å²) in [5.74, 6) is 0.579. The molecular weight excluding hydrogens is 333 g/mol. The van der Waals surface area contributed by atoms with Crippen molar-refractivity contribution in [2.24, 2.45) is 0 Å². The van der Waals surface area contributed by atoms with E-state index in [2.05, 4.69) is 21.2 Å². The van der Waals surface area contributed by atoms with E-state index >= 15 is 0 Å². The molecule has 2 nitrogen and oxygen atoms in total. The average molecular weight is 352 g/mol. The Labute approximate surface area is 133 Å². The zero-order chi connectivity index (χ0) is 15.4. The van der Waals surface area contributed by atoms with Crippen LogP contribution in [0.2, 0.25) is 0 Å². The first kappa shape index (κ1) is 16.0. The van der Waals surface area contributed by atoms with E-state index < -0.39 is 0 Å². The highest BCUT2D eigenvalue weighted by Gasteiger charge is 2.17. The van der Waals surface area contributed by atoms with Crippen LogP contribution in [0.1, 0.15) is 29.7 Å². The molecule has 1 unspecified atom stereocenters. The van der Waals surface area contributed by atoms with Crippen molar-refractivity contribution in [3.63, 3.8) is 0 Å². The van der Waals surface area contributed by atoms with E-state index in [1.54, 1.807) is 19.2 Å². The van der Waals surface area contributed by atoms with Crippen LogP contribution in [0.4, 0.5) is 4.39 Å². The van der Waals surface area contributed by atoms with Crippen molar-refractivity contribution in [2.75, 3.05) is 13.7 Å². The largest absolute Gasteiger partial charge is 0.497 e. The van der Waals surface area contributed by atoms with Crippen LogP contribution >= 0.6 is 15.9 Å². The molecule has 0 bridgehead atoms. The molecule has 2 rings (SSSR count). The van der Waals surface area contributed by atoms with Crippen LogP contribution in [0.25, 0.3) is 0 Å². The molecule has 0 saturated heterocycles. The van der Waals surface area contributed by atoms with Gasteiger partial charge < -0.3 is 10.1 Å². The average Bonchev–Trinajstić information content (AvgIpc) is 2.48. The van der Waals surface area contributed by atoms with Crippen LogP contribution in [0, 0.1) is 12.7 Å². The Hall–Kier alpha value is -1.39. The predicted octanol–water partition coefficient (Wildman–Crippen LogP) is 4.60. The van der Waals surface area contributed by atoms with Gasteiger partial charge in [0, 0.05) is 0 Å². The van der Waals surface area contributed by atoms with Crippen LogP contribution in [-0.2, 0) is 0 Å². The minimum Gasteiger partial charge on any atom is -0.497 e. The first-order valence-electron chi connectivity index (χ1n) is 6.89. The second-order valence-corrected chi connectivity index (χ2v) is 5.74. The molecular formula is C17H19BrFNO. The van der Waals surface area contributed by atoms with Gasteiger partial charge in [-0.05, 0) is 70.4 Å². The number of benzene rings is 2. The summed E-state index contributed by atoms with van der Waals surface area (Å²) in [4.78, 5) is 0. The van der Waals surface area contributed by atoms with Crippen molar-refractivity contribution in [1.82, 2.24) is 5.32 Å². The molecule has 0 aliphatic rings. The number of hydrogen-bond donors (Lipinski definition) is 1. The number of nitrogens with one attached hydrogen (secondary N) is 1. The Bertz CT molecular complexity index is 630. The van der Waals surface area contributed by atoms with Gasteiger partial charge in [0.2, 0.25) is 0 Å². The van der Waals surface area contributed by atoms with E-state index in [9.17, 15) is 4.39 Å². The SMILES string of the molecule is CCNC(c1ccc(Br)c(F)c1)c1ccc(OC)cc1C. The lowest BCUT2D eigenvalue weighted by Gasteiger charge is -2.21. The van der Waals surface area contributed by atoms with Crippen LogP contribution in [0.5, 0.6) is 5.75 Å². The van der Waals surface area contributed by atoms with E-state index in [1.165, 1.54) is 0 Å². The summed E-state index contributed by atoms with van der Waals surface area (Å²) in [6.45, 7) is 4.88. The van der Waals surface area contributed by atoms with Gasteiger partial charge in [0.05, 0.1) is 17.6 Å². The fourth-order valence-electron chi connectivity index (χ4n) is 2.40. The maximum Gasteiger partial charge on any atom is 0.137 e. The minimum absolute atomic E-state index is 0.0384. The lowest BCUT2D eigenvalue weighted by Crippen LogP contribution is -2.23. The Morgan fingerprint density at radius 3 is 2.57 bits per heavy atom. The van der Waals surface area contributed by atoms with Gasteiger partial charge >= 0.3 is 0 Å². The molecule has 2 aromatic rings. The van der Waals surface area contributed by atoms with E-state index in [-0.39, 0.29) is 11.9 Å². The van der Waals surface area contributed by atoms with E-state index in [0.717, 1.165) is 29.0 Å². The fourth-order valence-corrected chi connectivity index (χ4v) is 2.65. The van der Waals surface area contributed by atoms with Crippen molar-refractivity contribution in [3.05, 3.63) is 63.4 Å². The zero-order valence-electron chi connectivity index (χ0n) is 12.4. The third-order valence-electron chi connectivity index (χ3n) is 3.47. The lowest BCUT2D eigenvalue weighted by molar-refractivity contribution is 0.414. The maximum absolute atomic E-state index is 13.8. The molecule has 0 aromatic heterocycles. The fraction of sp³-hybridized carbons (Fsp3) is 0.294. The second kappa shape index (κ2) is 7.05. The van der Waals surface area contributed by atoms with Crippen LogP contribution in [-0.4, -0.2) is 13.7 Å². The molecule has 112 valence electrons. The number of rotatable bonds is 5. The third-order valence-corrected chi connectivity index (χ3v) is 4.12. The van der Waals surface area contributed by atoms with Gasteiger partial charge in [0.15, 0.2) is 0 Å². The normalized spacial score (nSPS) is 12.2. The van der Waals surface area contributed by atoms with Crippen LogP contribution in [0.3, 0.4) is 0 Å². The minimum atomic E-state index is -0.249. The third kappa shape index (κ3) is 3.63. The van der Waals surface area contributed by atoms with Gasteiger partial charge in [0.25, 0.3) is 0 Å². The Morgan fingerprint density at radius 2 is 2.00 bits per heavy atom. The molecule has 0 fully saturated rings. The number of hydrogen-bond acceptors (Lipinski definition) is 2. The van der Waals surface area contributed by atoms with Crippen molar-refractivity contribution < 1.29 is 9.13 Å². The first-order valence-corrected chi connectivity index (χ1v) is 7.69. The predicted molar refractivity (Wildman–Crippen MR) is 87.4 cm³/mol. The summed E-state index contributed by atoms with van der Waals surface area (Å²) in [5.41, 5.74) is 3.15.